The van der Waals surface area contributed by atoms with E-state index in [-0.39, 0.29) is 5.72 Å². The van der Waals surface area contributed by atoms with Crippen LogP contribution in [0.15, 0.2) is 0 Å². The average Bonchev–Trinajstić information content (AvgIpc) is 2.32. The maximum atomic E-state index is 5.73. The lowest BCUT2D eigenvalue weighted by molar-refractivity contribution is -0.0397. The van der Waals surface area contributed by atoms with Crippen molar-refractivity contribution in [2.75, 3.05) is 20.3 Å². The molecule has 0 spiro atoms. The second-order valence-electron chi connectivity index (χ2n) is 3.64. The van der Waals surface area contributed by atoms with Gasteiger partial charge in [-0.2, -0.15) is 0 Å². The first kappa shape index (κ1) is 9.96. The third-order valence-corrected chi connectivity index (χ3v) is 2.23. The monoisotopic (exact) mass is 173 g/mol. The molecule has 0 aliphatic carbocycles. The Bertz CT molecular complexity index is 140. The van der Waals surface area contributed by atoms with Crippen LogP contribution in [-0.4, -0.2) is 32.1 Å². The molecule has 1 aliphatic heterocycles. The summed E-state index contributed by atoms with van der Waals surface area (Å²) in [6.07, 6.45) is 2.41. The molecule has 1 aliphatic rings. The molecule has 1 rings (SSSR count). The summed E-state index contributed by atoms with van der Waals surface area (Å²) in [6, 6.07) is 0. The number of ether oxygens (including phenoxy) is 2. The molecule has 12 heavy (non-hydrogen) atoms. The highest BCUT2D eigenvalue weighted by Crippen LogP contribution is 2.21. The molecule has 0 amide bonds. The summed E-state index contributed by atoms with van der Waals surface area (Å²) in [6.45, 7) is 5.97. The van der Waals surface area contributed by atoms with Crippen LogP contribution >= 0.6 is 0 Å². The van der Waals surface area contributed by atoms with Crippen LogP contribution in [0.1, 0.15) is 26.7 Å². The van der Waals surface area contributed by atoms with Gasteiger partial charge in [0.2, 0.25) is 0 Å². The van der Waals surface area contributed by atoms with Crippen LogP contribution in [0.2, 0.25) is 0 Å². The maximum absolute atomic E-state index is 5.73. The Morgan fingerprint density at radius 3 is 2.92 bits per heavy atom. The number of nitrogens with one attached hydrogen (secondary N) is 1. The fourth-order valence-corrected chi connectivity index (χ4v) is 1.59. The first-order valence-corrected chi connectivity index (χ1v) is 4.58. The lowest BCUT2D eigenvalue weighted by Crippen LogP contribution is -2.37. The largest absolute Gasteiger partial charge is 0.385 e. The Balaban J connectivity index is 2.21. The van der Waals surface area contributed by atoms with Gasteiger partial charge < -0.3 is 9.47 Å². The van der Waals surface area contributed by atoms with Gasteiger partial charge in [-0.15, -0.1) is 0 Å². The number of hydrogen-bond acceptors (Lipinski definition) is 3. The Kier molecular flexibility index (Phi) is 3.50. The first-order valence-electron chi connectivity index (χ1n) is 4.58. The molecule has 3 heteroatoms. The van der Waals surface area contributed by atoms with E-state index in [0.717, 1.165) is 26.0 Å². The van der Waals surface area contributed by atoms with E-state index >= 15 is 0 Å². The van der Waals surface area contributed by atoms with Gasteiger partial charge in [0, 0.05) is 20.3 Å². The summed E-state index contributed by atoms with van der Waals surface area (Å²) < 4.78 is 10.7. The van der Waals surface area contributed by atoms with Crippen molar-refractivity contribution in [1.29, 1.82) is 0 Å². The maximum Gasteiger partial charge on any atom is 0.116 e. The van der Waals surface area contributed by atoms with E-state index < -0.39 is 0 Å². The fourth-order valence-electron chi connectivity index (χ4n) is 1.59. The summed E-state index contributed by atoms with van der Waals surface area (Å²) in [7, 11) is 1.73. The molecule has 0 aromatic carbocycles. The molecule has 0 saturated carbocycles. The van der Waals surface area contributed by atoms with Crippen molar-refractivity contribution in [3.63, 3.8) is 0 Å². The van der Waals surface area contributed by atoms with Crippen LogP contribution in [0.25, 0.3) is 0 Å². The summed E-state index contributed by atoms with van der Waals surface area (Å²) in [5.41, 5.74) is -0.113. The summed E-state index contributed by atoms with van der Waals surface area (Å²) in [4.78, 5) is 0. The van der Waals surface area contributed by atoms with Crippen LogP contribution in [-0.2, 0) is 9.47 Å². The highest BCUT2D eigenvalue weighted by Gasteiger charge is 2.32. The highest BCUT2D eigenvalue weighted by molar-refractivity contribution is 4.81. The molecule has 72 valence electrons. The van der Waals surface area contributed by atoms with Crippen LogP contribution < -0.4 is 5.32 Å². The van der Waals surface area contributed by atoms with Crippen LogP contribution in [0.4, 0.5) is 0 Å². The number of hydrogen-bond donors (Lipinski definition) is 1. The molecular weight excluding hydrogens is 154 g/mol. The minimum atomic E-state index is -0.113. The van der Waals surface area contributed by atoms with Crippen molar-refractivity contribution in [3.05, 3.63) is 0 Å². The quantitative estimate of drug-likeness (QED) is 0.647. The Hall–Kier alpha value is -0.120. The third kappa shape index (κ3) is 2.73. The molecule has 0 aromatic heterocycles. The zero-order valence-corrected chi connectivity index (χ0v) is 8.22. The molecule has 1 fully saturated rings. The van der Waals surface area contributed by atoms with Crippen LogP contribution in [0.3, 0.4) is 0 Å². The van der Waals surface area contributed by atoms with Gasteiger partial charge in [0.1, 0.15) is 5.72 Å². The summed E-state index contributed by atoms with van der Waals surface area (Å²) >= 11 is 0. The third-order valence-electron chi connectivity index (χ3n) is 2.23. The predicted octanol–water partition coefficient (Wildman–Crippen LogP) is 1.14. The smallest absolute Gasteiger partial charge is 0.116 e. The lowest BCUT2D eigenvalue weighted by Gasteiger charge is -2.23. The van der Waals surface area contributed by atoms with Gasteiger partial charge in [-0.1, -0.05) is 0 Å². The molecule has 2 atom stereocenters. The zero-order chi connectivity index (χ0) is 9.03. The van der Waals surface area contributed by atoms with Crippen molar-refractivity contribution < 1.29 is 9.47 Å². The van der Waals surface area contributed by atoms with Gasteiger partial charge in [0.05, 0.1) is 6.10 Å². The molecule has 3 nitrogen and oxygen atoms in total. The van der Waals surface area contributed by atoms with Gasteiger partial charge >= 0.3 is 0 Å². The number of rotatable bonds is 4. The van der Waals surface area contributed by atoms with Crippen LogP contribution in [0, 0.1) is 0 Å². The highest BCUT2D eigenvalue weighted by atomic mass is 16.5. The first-order chi connectivity index (χ1) is 5.66. The van der Waals surface area contributed by atoms with E-state index in [2.05, 4.69) is 19.2 Å². The molecule has 1 N–H and O–H groups in total. The normalized spacial score (nSPS) is 35.8. The molecule has 1 heterocycles. The predicted molar refractivity (Wildman–Crippen MR) is 48.1 cm³/mol. The van der Waals surface area contributed by atoms with Gasteiger partial charge in [0.25, 0.3) is 0 Å². The SMILES string of the molecule is COCCCC1(C)NCC(C)O1. The van der Waals surface area contributed by atoms with Crippen molar-refractivity contribution in [2.24, 2.45) is 0 Å². The van der Waals surface area contributed by atoms with Gasteiger partial charge in [-0.25, -0.2) is 0 Å². The van der Waals surface area contributed by atoms with Crippen molar-refractivity contribution in [1.82, 2.24) is 5.32 Å². The molecular formula is C9H19NO2. The average molecular weight is 173 g/mol. The lowest BCUT2D eigenvalue weighted by atomic mass is 10.1. The van der Waals surface area contributed by atoms with E-state index in [1.54, 1.807) is 7.11 Å². The second kappa shape index (κ2) is 4.21. The Morgan fingerprint density at radius 2 is 2.42 bits per heavy atom. The van der Waals surface area contributed by atoms with E-state index in [0.29, 0.717) is 6.10 Å². The standard InChI is InChI=1S/C9H19NO2/c1-8-7-10-9(2,12-8)5-4-6-11-3/h8,10H,4-7H2,1-3H3. The topological polar surface area (TPSA) is 30.5 Å². The minimum Gasteiger partial charge on any atom is -0.385 e. The second-order valence-corrected chi connectivity index (χ2v) is 3.64. The molecule has 0 radical (unpaired) electrons. The van der Waals surface area contributed by atoms with Crippen molar-refractivity contribution in [2.45, 2.75) is 38.5 Å². The number of methoxy groups -OCH3 is 1. The van der Waals surface area contributed by atoms with Crippen LogP contribution in [0.5, 0.6) is 0 Å². The van der Waals surface area contributed by atoms with Crippen molar-refractivity contribution >= 4 is 0 Å². The zero-order valence-electron chi connectivity index (χ0n) is 8.22. The van der Waals surface area contributed by atoms with Crippen molar-refractivity contribution in [3.8, 4) is 0 Å². The minimum absolute atomic E-state index is 0.113. The van der Waals surface area contributed by atoms with E-state index in [4.69, 9.17) is 9.47 Å². The van der Waals surface area contributed by atoms with E-state index in [9.17, 15) is 0 Å². The van der Waals surface area contributed by atoms with Gasteiger partial charge in [0.15, 0.2) is 0 Å². The fraction of sp³-hybridized carbons (Fsp3) is 1.00. The molecule has 0 aromatic rings. The molecule has 0 bridgehead atoms. The Labute approximate surface area is 74.4 Å². The Morgan fingerprint density at radius 1 is 1.67 bits per heavy atom. The summed E-state index contributed by atoms with van der Waals surface area (Å²) in [5, 5.41) is 3.36. The van der Waals surface area contributed by atoms with E-state index in [1.165, 1.54) is 0 Å². The molecule has 2 unspecified atom stereocenters. The van der Waals surface area contributed by atoms with Gasteiger partial charge in [-0.3, -0.25) is 5.32 Å². The van der Waals surface area contributed by atoms with Gasteiger partial charge in [-0.05, 0) is 26.7 Å². The summed E-state index contributed by atoms with van der Waals surface area (Å²) in [5.74, 6) is 0. The molecule has 1 saturated heterocycles. The van der Waals surface area contributed by atoms with E-state index in [1.807, 2.05) is 0 Å².